The Morgan fingerprint density at radius 3 is 2.90 bits per heavy atom. The molecule has 2 rings (SSSR count). The average Bonchev–Trinajstić information content (AvgIpc) is 3.00. The van der Waals surface area contributed by atoms with Crippen molar-refractivity contribution in [3.05, 3.63) is 16.1 Å². The molecule has 1 aromatic heterocycles. The fourth-order valence-corrected chi connectivity index (χ4v) is 3.30. The molecule has 2 atom stereocenters. The largest absolute Gasteiger partial charge is 0.357 e. The number of nitrogens with one attached hydrogen (secondary N) is 2. The Bertz CT molecular complexity index is 467. The topological polar surface area (TPSA) is 49.3 Å². The number of guanidine groups is 1. The number of aromatic nitrogens is 1. The maximum absolute atomic E-state index is 4.67. The van der Waals surface area contributed by atoms with Crippen LogP contribution in [0.1, 0.15) is 63.6 Å². The van der Waals surface area contributed by atoms with Crippen LogP contribution in [0.2, 0.25) is 0 Å². The summed E-state index contributed by atoms with van der Waals surface area (Å²) in [6, 6.07) is 0.616. The van der Waals surface area contributed by atoms with E-state index in [-0.39, 0.29) is 0 Å². The molecule has 1 heterocycles. The molecule has 0 aliphatic heterocycles. The number of hydrogen-bond acceptors (Lipinski definition) is 3. The molecule has 2 N–H and O–H groups in total. The molecule has 0 amide bonds. The van der Waals surface area contributed by atoms with Gasteiger partial charge in [-0.25, -0.2) is 9.98 Å². The SMILES string of the molecule is CCCC1CC1NC(=NCc1nc(C(C)C)cs1)NCC. The minimum absolute atomic E-state index is 0.492. The van der Waals surface area contributed by atoms with Crippen molar-refractivity contribution < 1.29 is 0 Å². The van der Waals surface area contributed by atoms with Crippen molar-refractivity contribution in [1.82, 2.24) is 15.6 Å². The normalized spacial score (nSPS) is 21.7. The highest BCUT2D eigenvalue weighted by atomic mass is 32.1. The fourth-order valence-electron chi connectivity index (χ4n) is 2.42. The van der Waals surface area contributed by atoms with E-state index in [4.69, 9.17) is 0 Å². The number of nitrogens with zero attached hydrogens (tertiary/aromatic N) is 2. The van der Waals surface area contributed by atoms with Crippen LogP contribution < -0.4 is 10.6 Å². The first-order valence-corrected chi connectivity index (χ1v) is 9.01. The van der Waals surface area contributed by atoms with Crippen LogP contribution in [0.4, 0.5) is 0 Å². The molecule has 0 bridgehead atoms. The van der Waals surface area contributed by atoms with Crippen molar-refractivity contribution in [2.45, 2.75) is 65.5 Å². The van der Waals surface area contributed by atoms with Crippen molar-refractivity contribution in [3.8, 4) is 0 Å². The number of rotatable bonds is 7. The molecule has 0 radical (unpaired) electrons. The molecule has 0 saturated heterocycles. The minimum atomic E-state index is 0.492. The molecule has 0 spiro atoms. The monoisotopic (exact) mass is 308 g/mol. The summed E-state index contributed by atoms with van der Waals surface area (Å²) in [6.45, 7) is 10.3. The molecular weight excluding hydrogens is 280 g/mol. The molecule has 1 aromatic rings. The molecule has 4 nitrogen and oxygen atoms in total. The smallest absolute Gasteiger partial charge is 0.191 e. The molecule has 0 aromatic carbocycles. The van der Waals surface area contributed by atoms with E-state index in [0.717, 1.165) is 23.4 Å². The molecular formula is C16H28N4S. The van der Waals surface area contributed by atoms with Crippen molar-refractivity contribution in [1.29, 1.82) is 0 Å². The predicted molar refractivity (Wildman–Crippen MR) is 91.0 cm³/mol. The second kappa shape index (κ2) is 7.78. The standard InChI is InChI=1S/C16H28N4S/c1-5-7-12-8-13(12)20-16(17-6-2)18-9-15-19-14(10-21-15)11(3)4/h10-13H,5-9H2,1-4H3,(H2,17,18,20). The van der Waals surface area contributed by atoms with Gasteiger partial charge in [0, 0.05) is 18.0 Å². The Morgan fingerprint density at radius 2 is 2.29 bits per heavy atom. The van der Waals surface area contributed by atoms with Gasteiger partial charge in [0.25, 0.3) is 0 Å². The van der Waals surface area contributed by atoms with Gasteiger partial charge in [-0.15, -0.1) is 11.3 Å². The van der Waals surface area contributed by atoms with Crippen LogP contribution in [0.25, 0.3) is 0 Å². The lowest BCUT2D eigenvalue weighted by Gasteiger charge is -2.10. The van der Waals surface area contributed by atoms with Crippen LogP contribution in [0.15, 0.2) is 10.4 Å². The first kappa shape index (κ1) is 16.3. The van der Waals surface area contributed by atoms with Gasteiger partial charge in [0.1, 0.15) is 5.01 Å². The number of aliphatic imine (C=N–C) groups is 1. The average molecular weight is 308 g/mol. The van der Waals surface area contributed by atoms with Gasteiger partial charge in [-0.2, -0.15) is 0 Å². The van der Waals surface area contributed by atoms with E-state index >= 15 is 0 Å². The highest BCUT2D eigenvalue weighted by Gasteiger charge is 2.36. The lowest BCUT2D eigenvalue weighted by Crippen LogP contribution is -2.39. The van der Waals surface area contributed by atoms with E-state index in [2.05, 4.69) is 53.7 Å². The molecule has 2 unspecified atom stereocenters. The summed E-state index contributed by atoms with van der Waals surface area (Å²) < 4.78 is 0. The molecule has 118 valence electrons. The quantitative estimate of drug-likeness (QED) is 0.598. The van der Waals surface area contributed by atoms with Crippen LogP contribution in [-0.4, -0.2) is 23.5 Å². The summed E-state index contributed by atoms with van der Waals surface area (Å²) in [6.07, 6.45) is 3.88. The van der Waals surface area contributed by atoms with Gasteiger partial charge in [0.15, 0.2) is 5.96 Å². The third-order valence-corrected chi connectivity index (χ3v) is 4.63. The zero-order valence-corrected chi connectivity index (χ0v) is 14.5. The molecule has 1 saturated carbocycles. The van der Waals surface area contributed by atoms with Crippen molar-refractivity contribution in [2.75, 3.05) is 6.54 Å². The van der Waals surface area contributed by atoms with E-state index in [0.29, 0.717) is 18.5 Å². The fraction of sp³-hybridized carbons (Fsp3) is 0.750. The van der Waals surface area contributed by atoms with Crippen LogP contribution in [-0.2, 0) is 6.54 Å². The van der Waals surface area contributed by atoms with E-state index in [1.807, 2.05) is 0 Å². The second-order valence-electron chi connectivity index (χ2n) is 6.05. The van der Waals surface area contributed by atoms with Crippen molar-refractivity contribution >= 4 is 17.3 Å². The Kier molecular flexibility index (Phi) is 6.03. The first-order valence-electron chi connectivity index (χ1n) is 8.13. The summed E-state index contributed by atoms with van der Waals surface area (Å²) >= 11 is 1.71. The highest BCUT2D eigenvalue weighted by Crippen LogP contribution is 2.34. The lowest BCUT2D eigenvalue weighted by atomic mass is 10.2. The van der Waals surface area contributed by atoms with E-state index in [9.17, 15) is 0 Å². The van der Waals surface area contributed by atoms with Gasteiger partial charge < -0.3 is 10.6 Å². The third-order valence-electron chi connectivity index (χ3n) is 3.78. The van der Waals surface area contributed by atoms with Gasteiger partial charge >= 0.3 is 0 Å². The molecule has 1 fully saturated rings. The highest BCUT2D eigenvalue weighted by molar-refractivity contribution is 7.09. The van der Waals surface area contributed by atoms with E-state index in [1.165, 1.54) is 25.0 Å². The molecule has 1 aliphatic carbocycles. The Hall–Kier alpha value is -1.10. The zero-order valence-electron chi connectivity index (χ0n) is 13.6. The predicted octanol–water partition coefficient (Wildman–Crippen LogP) is 3.51. The van der Waals surface area contributed by atoms with E-state index in [1.54, 1.807) is 11.3 Å². The number of hydrogen-bond donors (Lipinski definition) is 2. The van der Waals surface area contributed by atoms with Crippen LogP contribution in [0.5, 0.6) is 0 Å². The van der Waals surface area contributed by atoms with E-state index < -0.39 is 0 Å². The maximum atomic E-state index is 4.67. The Balaban J connectivity index is 1.88. The summed E-state index contributed by atoms with van der Waals surface area (Å²) in [5.41, 5.74) is 1.17. The molecule has 21 heavy (non-hydrogen) atoms. The second-order valence-corrected chi connectivity index (χ2v) is 6.99. The van der Waals surface area contributed by atoms with Crippen LogP contribution in [0.3, 0.4) is 0 Å². The molecule has 1 aliphatic rings. The number of thiazole rings is 1. The summed E-state index contributed by atoms with van der Waals surface area (Å²) in [5, 5.41) is 10.1. The summed E-state index contributed by atoms with van der Waals surface area (Å²) in [7, 11) is 0. The van der Waals surface area contributed by atoms with Gasteiger partial charge in [-0.05, 0) is 31.6 Å². The summed E-state index contributed by atoms with van der Waals surface area (Å²) in [4.78, 5) is 9.31. The van der Waals surface area contributed by atoms with Gasteiger partial charge in [0.2, 0.25) is 0 Å². The van der Waals surface area contributed by atoms with Gasteiger partial charge in [-0.1, -0.05) is 27.2 Å². The maximum Gasteiger partial charge on any atom is 0.191 e. The Morgan fingerprint density at radius 1 is 1.48 bits per heavy atom. The first-order chi connectivity index (χ1) is 10.1. The van der Waals surface area contributed by atoms with Gasteiger partial charge in [-0.3, -0.25) is 0 Å². The Labute approximate surface area is 132 Å². The minimum Gasteiger partial charge on any atom is -0.357 e. The van der Waals surface area contributed by atoms with Gasteiger partial charge in [0.05, 0.1) is 12.2 Å². The lowest BCUT2D eigenvalue weighted by molar-refractivity contribution is 0.655. The third kappa shape index (κ3) is 4.99. The van der Waals surface area contributed by atoms with Crippen LogP contribution in [0, 0.1) is 5.92 Å². The zero-order chi connectivity index (χ0) is 15.2. The molecule has 5 heteroatoms. The van der Waals surface area contributed by atoms with Crippen molar-refractivity contribution in [3.63, 3.8) is 0 Å². The van der Waals surface area contributed by atoms with Crippen LogP contribution >= 0.6 is 11.3 Å². The van der Waals surface area contributed by atoms with Crippen molar-refractivity contribution in [2.24, 2.45) is 10.9 Å². The summed E-state index contributed by atoms with van der Waals surface area (Å²) in [5.74, 6) is 2.26.